The normalized spacial score (nSPS) is 43.2. The molecule has 280 valence electrons. The number of hydroxylamine groups is 2. The van der Waals surface area contributed by atoms with E-state index in [4.69, 9.17) is 9.57 Å². The van der Waals surface area contributed by atoms with E-state index in [0.717, 1.165) is 71.1 Å². The number of rotatable bonds is 10. The van der Waals surface area contributed by atoms with Crippen LogP contribution >= 0.6 is 0 Å². The molecule has 7 rings (SSSR count). The number of methoxy groups -OCH3 is 1. The zero-order valence-electron chi connectivity index (χ0n) is 31.4. The van der Waals surface area contributed by atoms with Gasteiger partial charge in [-0.2, -0.15) is 5.06 Å². The fourth-order valence-corrected chi connectivity index (χ4v) is 11.5. The number of nitrogens with zero attached hydrogens (tertiary/aromatic N) is 3. The second-order valence-electron chi connectivity index (χ2n) is 17.7. The number of nitrogens with one attached hydrogen (secondary N) is 2. The Morgan fingerprint density at radius 1 is 1.10 bits per heavy atom. The first-order valence-corrected chi connectivity index (χ1v) is 19.6. The smallest absolute Gasteiger partial charge is 0.240 e. The minimum Gasteiger partial charge on any atom is -0.394 e. The summed E-state index contributed by atoms with van der Waals surface area (Å²) >= 11 is 0. The van der Waals surface area contributed by atoms with Crippen molar-refractivity contribution >= 4 is 11.8 Å². The van der Waals surface area contributed by atoms with Gasteiger partial charge in [0.15, 0.2) is 0 Å². The van der Waals surface area contributed by atoms with Crippen LogP contribution < -0.4 is 10.6 Å². The van der Waals surface area contributed by atoms with Crippen molar-refractivity contribution in [2.24, 2.45) is 52.8 Å². The van der Waals surface area contributed by atoms with Gasteiger partial charge >= 0.3 is 0 Å². The Bertz CT molecular complexity index is 1150. The molecule has 4 N–H and O–H groups in total. The third kappa shape index (κ3) is 7.33. The summed E-state index contributed by atoms with van der Waals surface area (Å²) in [6, 6.07) is -0.241. The zero-order valence-corrected chi connectivity index (χ0v) is 31.4. The van der Waals surface area contributed by atoms with E-state index in [0.29, 0.717) is 53.5 Å². The molecule has 7 fully saturated rings. The van der Waals surface area contributed by atoms with Crippen LogP contribution in [-0.2, 0) is 19.2 Å². The van der Waals surface area contributed by atoms with Crippen molar-refractivity contribution < 1.29 is 29.4 Å². The molecule has 2 aliphatic heterocycles. The molecule has 0 aromatic rings. The maximum absolute atomic E-state index is 14.3. The number of aliphatic hydroxyl groups is 2. The Morgan fingerprint density at radius 3 is 2.45 bits per heavy atom. The van der Waals surface area contributed by atoms with E-state index in [1.165, 1.54) is 6.42 Å². The topological polar surface area (TPSA) is 127 Å². The fourth-order valence-electron chi connectivity index (χ4n) is 11.5. The molecular weight excluding hydrogens is 622 g/mol. The number of carbonyl (C=O) groups excluding carboxylic acids is 2. The van der Waals surface area contributed by atoms with Crippen LogP contribution in [0.1, 0.15) is 79.1 Å². The Morgan fingerprint density at radius 2 is 1.84 bits per heavy atom. The summed E-state index contributed by atoms with van der Waals surface area (Å²) in [5.41, 5.74) is 0.323. The average Bonchev–Trinajstić information content (AvgIpc) is 3.47. The van der Waals surface area contributed by atoms with Gasteiger partial charge in [-0.1, -0.05) is 27.2 Å². The van der Waals surface area contributed by atoms with Gasteiger partial charge in [-0.05, 0) is 101 Å². The van der Waals surface area contributed by atoms with E-state index in [1.54, 1.807) is 12.0 Å². The number of ether oxygens (including phenoxy) is 1. The number of fused-ring (bicyclic) bond motifs is 2. The van der Waals surface area contributed by atoms with Gasteiger partial charge in [0.2, 0.25) is 11.8 Å². The van der Waals surface area contributed by atoms with Crippen molar-refractivity contribution in [3.63, 3.8) is 0 Å². The predicted octanol–water partition coefficient (Wildman–Crippen LogP) is 2.36. The second kappa shape index (κ2) is 15.3. The molecule has 11 heteroatoms. The van der Waals surface area contributed by atoms with Gasteiger partial charge in [-0.15, -0.1) is 0 Å². The van der Waals surface area contributed by atoms with Crippen LogP contribution in [0.5, 0.6) is 0 Å². The molecule has 11 nitrogen and oxygen atoms in total. The van der Waals surface area contributed by atoms with Gasteiger partial charge in [-0.25, -0.2) is 0 Å². The Hall–Kier alpha value is -1.34. The first-order valence-electron chi connectivity index (χ1n) is 19.6. The molecule has 14 atom stereocenters. The molecule has 0 spiro atoms. The molecule has 5 aliphatic carbocycles. The minimum absolute atomic E-state index is 0.0213. The summed E-state index contributed by atoms with van der Waals surface area (Å²) < 4.78 is 6.38. The molecule has 2 amide bonds. The minimum atomic E-state index is -0.818. The number of aliphatic hydroxyl groups excluding tert-OH is 2. The van der Waals surface area contributed by atoms with Crippen LogP contribution in [-0.4, -0.2) is 134 Å². The van der Waals surface area contributed by atoms with Crippen molar-refractivity contribution in [1.29, 1.82) is 0 Å². The maximum Gasteiger partial charge on any atom is 0.240 e. The van der Waals surface area contributed by atoms with E-state index in [2.05, 4.69) is 55.3 Å². The Labute approximate surface area is 295 Å². The van der Waals surface area contributed by atoms with E-state index in [-0.39, 0.29) is 36.5 Å². The Balaban J connectivity index is 1.18. The van der Waals surface area contributed by atoms with E-state index in [9.17, 15) is 19.8 Å². The Kier molecular flexibility index (Phi) is 11.7. The first kappa shape index (κ1) is 37.4. The third-order valence-corrected chi connectivity index (χ3v) is 14.6. The first-order chi connectivity index (χ1) is 23.3. The summed E-state index contributed by atoms with van der Waals surface area (Å²) in [5, 5.41) is 29.9. The summed E-state index contributed by atoms with van der Waals surface area (Å²) in [6.07, 6.45) is 6.64. The number of carbonyl (C=O) groups is 2. The number of hydrogen-bond acceptors (Lipinski definition) is 9. The lowest BCUT2D eigenvalue weighted by Crippen LogP contribution is -2.62. The van der Waals surface area contributed by atoms with Gasteiger partial charge in [0.25, 0.3) is 0 Å². The summed E-state index contributed by atoms with van der Waals surface area (Å²) in [6.45, 7) is 12.2. The number of piperazine rings is 1. The van der Waals surface area contributed by atoms with Crippen molar-refractivity contribution in [2.45, 2.75) is 115 Å². The highest BCUT2D eigenvalue weighted by atomic mass is 16.7. The molecular formula is C38H67N5O6. The zero-order chi connectivity index (χ0) is 35.2. The number of hydrogen-bond donors (Lipinski definition) is 4. The quantitative estimate of drug-likeness (QED) is 0.274. The molecule has 49 heavy (non-hydrogen) atoms. The summed E-state index contributed by atoms with van der Waals surface area (Å²) in [7, 11) is 6.09. The van der Waals surface area contributed by atoms with E-state index < -0.39 is 24.2 Å². The molecule has 2 heterocycles. The van der Waals surface area contributed by atoms with Crippen molar-refractivity contribution in [2.75, 3.05) is 60.5 Å². The standard InChI is InChI=1S/C38H67N5O6/c1-22-30-18-27(38(30,3)4)19-31(22)40-36(46)34-33(23(2)45)32(21-44)49-43(34)20-24-9-8-10-29(35(24)48-7)25-15-26(17-28(16-25)41(5)6)37(47)42-13-11-39-12-14-42/h22-35,39,44-45H,8-21H2,1-7H3,(H,40,46)/t22-,23-,24?,25?,26?,27+,28?,29?,30-,31-,32-,33+,34-,35?/m0/s1. The molecule has 2 bridgehead atoms. The largest absolute Gasteiger partial charge is 0.394 e. The van der Waals surface area contributed by atoms with Gasteiger partial charge < -0.3 is 35.4 Å². The van der Waals surface area contributed by atoms with Crippen molar-refractivity contribution in [3.8, 4) is 0 Å². The van der Waals surface area contributed by atoms with Crippen LogP contribution in [0, 0.1) is 52.8 Å². The fraction of sp³-hybridized carbons (Fsp3) is 0.947. The van der Waals surface area contributed by atoms with Crippen LogP contribution in [0.3, 0.4) is 0 Å². The lowest BCUT2D eigenvalue weighted by molar-refractivity contribution is -0.193. The molecule has 0 aromatic carbocycles. The third-order valence-electron chi connectivity index (χ3n) is 14.6. The van der Waals surface area contributed by atoms with Crippen LogP contribution in [0.2, 0.25) is 0 Å². The monoisotopic (exact) mass is 690 g/mol. The van der Waals surface area contributed by atoms with Gasteiger partial charge in [0.05, 0.1) is 18.8 Å². The van der Waals surface area contributed by atoms with Crippen molar-refractivity contribution in [1.82, 2.24) is 25.5 Å². The van der Waals surface area contributed by atoms with Crippen LogP contribution in [0.4, 0.5) is 0 Å². The highest BCUT2D eigenvalue weighted by molar-refractivity contribution is 5.83. The molecule has 0 aromatic heterocycles. The SMILES string of the molecule is COC1C(CN2O[C@@H](CO)[C@@H]([C@H](C)O)[C@H]2C(=O)N[C@H]2C[C@H]3C[C@@H]([C@@H]2C)C3(C)C)CCCC1C1CC(C(=O)N2CCNCC2)CC(N(C)C)C1. The highest BCUT2D eigenvalue weighted by Crippen LogP contribution is 2.61. The van der Waals surface area contributed by atoms with Gasteiger partial charge in [0.1, 0.15) is 12.1 Å². The van der Waals surface area contributed by atoms with Crippen LogP contribution in [0.25, 0.3) is 0 Å². The van der Waals surface area contributed by atoms with Gasteiger partial charge in [0, 0.05) is 69.7 Å². The predicted molar refractivity (Wildman–Crippen MR) is 188 cm³/mol. The van der Waals surface area contributed by atoms with Crippen molar-refractivity contribution in [3.05, 3.63) is 0 Å². The average molecular weight is 690 g/mol. The highest BCUT2D eigenvalue weighted by Gasteiger charge is 2.58. The lowest BCUT2D eigenvalue weighted by atomic mass is 9.45. The second-order valence-corrected chi connectivity index (χ2v) is 17.7. The molecule has 0 radical (unpaired) electrons. The van der Waals surface area contributed by atoms with Crippen LogP contribution in [0.15, 0.2) is 0 Å². The molecule has 7 aliphatic rings. The molecule has 2 saturated heterocycles. The molecule has 6 unspecified atom stereocenters. The number of amides is 2. The van der Waals surface area contributed by atoms with E-state index >= 15 is 0 Å². The maximum atomic E-state index is 14.3. The summed E-state index contributed by atoms with van der Waals surface area (Å²) in [4.78, 5) is 38.8. The molecule has 5 saturated carbocycles. The van der Waals surface area contributed by atoms with Gasteiger partial charge in [-0.3, -0.25) is 14.4 Å². The lowest BCUT2D eigenvalue weighted by Gasteiger charge is -2.62. The summed E-state index contributed by atoms with van der Waals surface area (Å²) in [5.74, 6) is 2.09. The van der Waals surface area contributed by atoms with E-state index in [1.807, 2.05) is 7.11 Å².